The van der Waals surface area contributed by atoms with E-state index in [4.69, 9.17) is 14.5 Å². The molecule has 5 rings (SSSR count). The topological polar surface area (TPSA) is 137 Å². The van der Waals surface area contributed by atoms with Crippen molar-refractivity contribution < 1.29 is 22.3 Å². The van der Waals surface area contributed by atoms with E-state index in [2.05, 4.69) is 25.4 Å². The molecule has 0 bridgehead atoms. The van der Waals surface area contributed by atoms with Crippen LogP contribution in [0.4, 0.5) is 15.9 Å². The molecule has 208 valence electrons. The Morgan fingerprint density at radius 1 is 1.15 bits per heavy atom. The van der Waals surface area contributed by atoms with Crippen LogP contribution in [0.1, 0.15) is 0 Å². The molecule has 12 nitrogen and oxygen atoms in total. The molecule has 4 heterocycles. The number of fused-ring (bicyclic) bond motifs is 1. The highest BCUT2D eigenvalue weighted by molar-refractivity contribution is 7.90. The molecular formula is C26H27FN8O4S. The first kappa shape index (κ1) is 27.0. The SMILES string of the molecule is COc1cc(OC)c(F)c(N(CC2=NC=CNC2)c2ccc3ncc(-c4cnn(CCS(C)(=O)=O)c4)nc3n2)c1. The van der Waals surface area contributed by atoms with E-state index in [1.54, 1.807) is 58.8 Å². The van der Waals surface area contributed by atoms with Gasteiger partial charge in [0.05, 0.1) is 69.1 Å². The number of aromatic nitrogens is 5. The fourth-order valence-electron chi connectivity index (χ4n) is 4.06. The molecule has 0 unspecified atom stereocenters. The number of aliphatic imine (C=N–C) groups is 1. The summed E-state index contributed by atoms with van der Waals surface area (Å²) >= 11 is 0. The van der Waals surface area contributed by atoms with Gasteiger partial charge >= 0.3 is 0 Å². The van der Waals surface area contributed by atoms with Crippen molar-refractivity contribution in [2.24, 2.45) is 4.99 Å². The van der Waals surface area contributed by atoms with E-state index in [9.17, 15) is 8.42 Å². The van der Waals surface area contributed by atoms with Gasteiger partial charge in [-0.25, -0.2) is 22.8 Å². The zero-order chi connectivity index (χ0) is 28.3. The Balaban J connectivity index is 1.55. The van der Waals surface area contributed by atoms with Crippen LogP contribution in [0.2, 0.25) is 0 Å². The normalized spacial score (nSPS) is 13.2. The molecule has 40 heavy (non-hydrogen) atoms. The second-order valence-electron chi connectivity index (χ2n) is 9.03. The molecule has 14 heteroatoms. The standard InChI is InChI=1S/C26H27FN8O4S/c1-38-19-10-22(25(27)23(11-19)39-2)35(16-18-13-28-6-7-29-18)24-5-4-20-26(33-24)32-21(14-30-20)17-12-31-34(15-17)8-9-40(3,36)37/h4-7,10-12,14-15,28H,8-9,13,16H2,1-3H3. The smallest absolute Gasteiger partial charge is 0.188 e. The van der Waals surface area contributed by atoms with Crippen LogP contribution in [0, 0.1) is 5.82 Å². The number of pyridine rings is 1. The van der Waals surface area contributed by atoms with Gasteiger partial charge in [-0.3, -0.25) is 14.7 Å². The quantitative estimate of drug-likeness (QED) is 0.305. The molecule has 0 spiro atoms. The lowest BCUT2D eigenvalue weighted by Gasteiger charge is -2.26. The molecule has 1 aliphatic heterocycles. The largest absolute Gasteiger partial charge is 0.497 e. The first-order valence-electron chi connectivity index (χ1n) is 12.2. The summed E-state index contributed by atoms with van der Waals surface area (Å²) in [5, 5.41) is 7.35. The Morgan fingerprint density at radius 3 is 2.73 bits per heavy atom. The average molecular weight is 567 g/mol. The maximum Gasteiger partial charge on any atom is 0.188 e. The van der Waals surface area contributed by atoms with Gasteiger partial charge in [0.25, 0.3) is 0 Å². The fourth-order valence-corrected chi connectivity index (χ4v) is 4.58. The lowest BCUT2D eigenvalue weighted by molar-refractivity contribution is 0.374. The molecule has 0 aliphatic carbocycles. The number of nitrogens with zero attached hydrogens (tertiary/aromatic N) is 7. The number of aryl methyl sites for hydroxylation is 1. The summed E-state index contributed by atoms with van der Waals surface area (Å²) in [7, 11) is -0.242. The van der Waals surface area contributed by atoms with Crippen LogP contribution in [-0.4, -0.2) is 78.2 Å². The van der Waals surface area contributed by atoms with Gasteiger partial charge in [-0.15, -0.1) is 0 Å². The summed E-state index contributed by atoms with van der Waals surface area (Å²) in [4.78, 5) is 20.0. The lowest BCUT2D eigenvalue weighted by Crippen LogP contribution is -2.33. The highest BCUT2D eigenvalue weighted by Crippen LogP contribution is 2.36. The van der Waals surface area contributed by atoms with Gasteiger partial charge in [0.2, 0.25) is 0 Å². The Morgan fingerprint density at radius 2 is 2.00 bits per heavy atom. The minimum Gasteiger partial charge on any atom is -0.497 e. The van der Waals surface area contributed by atoms with E-state index < -0.39 is 15.7 Å². The molecular weight excluding hydrogens is 539 g/mol. The summed E-state index contributed by atoms with van der Waals surface area (Å²) in [6, 6.07) is 6.54. The zero-order valence-corrected chi connectivity index (χ0v) is 22.9. The molecule has 0 saturated heterocycles. The van der Waals surface area contributed by atoms with Crippen molar-refractivity contribution in [2.45, 2.75) is 6.54 Å². The van der Waals surface area contributed by atoms with Crippen LogP contribution in [-0.2, 0) is 16.4 Å². The summed E-state index contributed by atoms with van der Waals surface area (Å²) in [6.45, 7) is 0.931. The summed E-state index contributed by atoms with van der Waals surface area (Å²) in [6.07, 6.45) is 9.45. The number of hydrogen-bond donors (Lipinski definition) is 1. The molecule has 1 N–H and O–H groups in total. The number of halogens is 1. The van der Waals surface area contributed by atoms with Crippen molar-refractivity contribution in [1.29, 1.82) is 0 Å². The van der Waals surface area contributed by atoms with Crippen molar-refractivity contribution in [3.05, 3.63) is 61.1 Å². The van der Waals surface area contributed by atoms with Crippen molar-refractivity contribution in [3.8, 4) is 22.8 Å². The Hall–Kier alpha value is -4.59. The second kappa shape index (κ2) is 11.3. The predicted octanol–water partition coefficient (Wildman–Crippen LogP) is 2.74. The third-order valence-electron chi connectivity index (χ3n) is 6.13. The molecule has 0 fully saturated rings. The van der Waals surface area contributed by atoms with Crippen LogP contribution in [0.15, 0.2) is 60.2 Å². The lowest BCUT2D eigenvalue weighted by atomic mass is 10.2. The Kier molecular flexibility index (Phi) is 7.60. The summed E-state index contributed by atoms with van der Waals surface area (Å²) in [5.74, 6) is 0.248. The maximum atomic E-state index is 15.6. The average Bonchev–Trinajstić information content (AvgIpc) is 3.44. The number of anilines is 2. The van der Waals surface area contributed by atoms with E-state index in [1.807, 2.05) is 0 Å². The molecule has 1 aromatic carbocycles. The maximum absolute atomic E-state index is 15.6. The minimum absolute atomic E-state index is 0.0266. The van der Waals surface area contributed by atoms with Crippen molar-refractivity contribution in [1.82, 2.24) is 30.0 Å². The first-order chi connectivity index (χ1) is 19.2. The van der Waals surface area contributed by atoms with Gasteiger partial charge in [-0.05, 0) is 12.1 Å². The number of methoxy groups -OCH3 is 2. The number of benzene rings is 1. The number of hydrogen-bond acceptors (Lipinski definition) is 11. The Bertz CT molecular complexity index is 1720. The number of rotatable bonds is 10. The van der Waals surface area contributed by atoms with Gasteiger partial charge in [-0.2, -0.15) is 5.10 Å². The van der Waals surface area contributed by atoms with Crippen molar-refractivity contribution in [2.75, 3.05) is 44.2 Å². The van der Waals surface area contributed by atoms with Gasteiger partial charge in [0.1, 0.15) is 26.9 Å². The number of nitrogens with one attached hydrogen (secondary N) is 1. The Labute approximate surface area is 230 Å². The van der Waals surface area contributed by atoms with Gasteiger partial charge in [0, 0.05) is 42.5 Å². The van der Waals surface area contributed by atoms with Gasteiger partial charge in [0.15, 0.2) is 17.2 Å². The van der Waals surface area contributed by atoms with Crippen LogP contribution < -0.4 is 19.7 Å². The third-order valence-corrected chi connectivity index (χ3v) is 7.05. The van der Waals surface area contributed by atoms with Gasteiger partial charge in [-0.1, -0.05) is 0 Å². The zero-order valence-electron chi connectivity index (χ0n) is 22.1. The highest BCUT2D eigenvalue weighted by Gasteiger charge is 2.23. The van der Waals surface area contributed by atoms with Crippen LogP contribution >= 0.6 is 0 Å². The van der Waals surface area contributed by atoms with Crippen LogP contribution in [0.5, 0.6) is 11.5 Å². The molecule has 3 aromatic heterocycles. The fraction of sp³-hybridized carbons (Fsp3) is 0.269. The van der Waals surface area contributed by atoms with Gasteiger partial charge < -0.3 is 19.7 Å². The molecule has 0 radical (unpaired) electrons. The number of ether oxygens (including phenoxy) is 2. The highest BCUT2D eigenvalue weighted by atomic mass is 32.2. The van der Waals surface area contributed by atoms with Crippen molar-refractivity contribution in [3.63, 3.8) is 0 Å². The predicted molar refractivity (Wildman–Crippen MR) is 149 cm³/mol. The summed E-state index contributed by atoms with van der Waals surface area (Å²) in [5.41, 5.74) is 2.99. The van der Waals surface area contributed by atoms with Crippen LogP contribution in [0.3, 0.4) is 0 Å². The number of sulfone groups is 1. The molecule has 4 aromatic rings. The molecule has 0 atom stereocenters. The van der Waals surface area contributed by atoms with E-state index >= 15 is 4.39 Å². The van der Waals surface area contributed by atoms with E-state index in [0.717, 1.165) is 5.71 Å². The third kappa shape index (κ3) is 6.01. The van der Waals surface area contributed by atoms with E-state index in [-0.39, 0.29) is 30.3 Å². The second-order valence-corrected chi connectivity index (χ2v) is 11.3. The molecule has 0 amide bonds. The monoisotopic (exact) mass is 566 g/mol. The van der Waals surface area contributed by atoms with E-state index in [1.165, 1.54) is 26.5 Å². The van der Waals surface area contributed by atoms with E-state index in [0.29, 0.717) is 40.5 Å². The molecule has 1 aliphatic rings. The summed E-state index contributed by atoms with van der Waals surface area (Å²) < 4.78 is 50.8. The van der Waals surface area contributed by atoms with Crippen molar-refractivity contribution >= 4 is 38.2 Å². The van der Waals surface area contributed by atoms with Crippen LogP contribution in [0.25, 0.3) is 22.4 Å². The molecule has 0 saturated carbocycles. The minimum atomic E-state index is -3.13. The first-order valence-corrected chi connectivity index (χ1v) is 14.3.